The summed E-state index contributed by atoms with van der Waals surface area (Å²) in [6, 6.07) is 5.81. The SMILES string of the molecule is O=C(O)c1cc(F)c(F)cc1Oc1ccc(F)cc1. The standard InChI is InChI=1S/C13H7F3O3/c14-7-1-3-8(4-2-7)19-12-6-11(16)10(15)5-9(12)13(17)18/h1-6H,(H,17,18). The van der Waals surface area contributed by atoms with E-state index in [1.165, 1.54) is 12.1 Å². The number of ether oxygens (including phenoxy) is 1. The van der Waals surface area contributed by atoms with Gasteiger partial charge in [-0.25, -0.2) is 18.0 Å². The van der Waals surface area contributed by atoms with Crippen LogP contribution in [0.4, 0.5) is 13.2 Å². The molecule has 0 unspecified atom stereocenters. The Labute approximate surface area is 105 Å². The molecule has 0 aliphatic rings. The zero-order valence-electron chi connectivity index (χ0n) is 9.36. The minimum atomic E-state index is -1.46. The number of benzene rings is 2. The van der Waals surface area contributed by atoms with Crippen molar-refractivity contribution in [2.45, 2.75) is 0 Å². The van der Waals surface area contributed by atoms with Gasteiger partial charge >= 0.3 is 5.97 Å². The molecule has 2 aromatic carbocycles. The van der Waals surface area contributed by atoms with Crippen molar-refractivity contribution in [3.05, 3.63) is 59.4 Å². The quantitative estimate of drug-likeness (QED) is 0.925. The van der Waals surface area contributed by atoms with Gasteiger partial charge in [-0.15, -0.1) is 0 Å². The molecule has 1 N–H and O–H groups in total. The van der Waals surface area contributed by atoms with Crippen LogP contribution < -0.4 is 4.74 Å². The van der Waals surface area contributed by atoms with Crippen LogP contribution in [0.2, 0.25) is 0 Å². The van der Waals surface area contributed by atoms with Crippen LogP contribution in [0.5, 0.6) is 11.5 Å². The monoisotopic (exact) mass is 268 g/mol. The van der Waals surface area contributed by atoms with Gasteiger partial charge in [-0.05, 0) is 30.3 Å². The van der Waals surface area contributed by atoms with E-state index in [0.717, 1.165) is 12.1 Å². The highest BCUT2D eigenvalue weighted by atomic mass is 19.2. The van der Waals surface area contributed by atoms with Crippen LogP contribution in [-0.2, 0) is 0 Å². The first kappa shape index (κ1) is 12.9. The third kappa shape index (κ3) is 2.85. The molecule has 0 aliphatic carbocycles. The summed E-state index contributed by atoms with van der Waals surface area (Å²) in [4.78, 5) is 10.9. The Morgan fingerprint density at radius 1 is 1.00 bits per heavy atom. The number of rotatable bonds is 3. The van der Waals surface area contributed by atoms with Crippen molar-refractivity contribution in [1.29, 1.82) is 0 Å². The smallest absolute Gasteiger partial charge is 0.339 e. The Morgan fingerprint density at radius 3 is 2.16 bits per heavy atom. The van der Waals surface area contributed by atoms with E-state index in [9.17, 15) is 18.0 Å². The largest absolute Gasteiger partial charge is 0.478 e. The first-order valence-corrected chi connectivity index (χ1v) is 5.13. The number of hydrogen-bond acceptors (Lipinski definition) is 2. The Balaban J connectivity index is 2.41. The lowest BCUT2D eigenvalue weighted by molar-refractivity contribution is 0.0693. The minimum absolute atomic E-state index is 0.106. The summed E-state index contributed by atoms with van der Waals surface area (Å²) in [7, 11) is 0. The number of hydrogen-bond donors (Lipinski definition) is 1. The van der Waals surface area contributed by atoms with E-state index in [0.29, 0.717) is 12.1 Å². The Hall–Kier alpha value is -2.50. The molecule has 3 nitrogen and oxygen atoms in total. The van der Waals surface area contributed by atoms with Crippen molar-refractivity contribution in [2.75, 3.05) is 0 Å². The predicted molar refractivity (Wildman–Crippen MR) is 59.8 cm³/mol. The van der Waals surface area contributed by atoms with E-state index >= 15 is 0 Å². The van der Waals surface area contributed by atoms with Crippen LogP contribution in [0.1, 0.15) is 10.4 Å². The summed E-state index contributed by atoms with van der Waals surface area (Å²) in [6.07, 6.45) is 0. The zero-order chi connectivity index (χ0) is 14.0. The summed E-state index contributed by atoms with van der Waals surface area (Å²) in [6.45, 7) is 0. The minimum Gasteiger partial charge on any atom is -0.478 e. The van der Waals surface area contributed by atoms with E-state index in [2.05, 4.69) is 0 Å². The number of carboxylic acids is 1. The summed E-state index contributed by atoms with van der Waals surface area (Å²) in [5.41, 5.74) is -0.525. The summed E-state index contributed by atoms with van der Waals surface area (Å²) in [5, 5.41) is 8.87. The van der Waals surface area contributed by atoms with Crippen molar-refractivity contribution >= 4 is 5.97 Å². The number of aromatic carboxylic acids is 1. The predicted octanol–water partition coefficient (Wildman–Crippen LogP) is 3.59. The van der Waals surface area contributed by atoms with E-state index in [-0.39, 0.29) is 11.5 Å². The molecular weight excluding hydrogens is 261 g/mol. The molecule has 0 saturated heterocycles. The molecule has 0 saturated carbocycles. The fraction of sp³-hybridized carbons (Fsp3) is 0. The maximum Gasteiger partial charge on any atom is 0.339 e. The molecule has 0 fully saturated rings. The van der Waals surface area contributed by atoms with Gasteiger partial charge in [0.1, 0.15) is 22.9 Å². The number of carboxylic acid groups (broad SMARTS) is 1. The average molecular weight is 268 g/mol. The molecule has 0 spiro atoms. The van der Waals surface area contributed by atoms with Crippen molar-refractivity contribution < 1.29 is 27.8 Å². The second-order valence-corrected chi connectivity index (χ2v) is 3.62. The lowest BCUT2D eigenvalue weighted by Crippen LogP contribution is -2.02. The molecule has 0 heterocycles. The molecular formula is C13H7F3O3. The fourth-order valence-corrected chi connectivity index (χ4v) is 1.41. The van der Waals surface area contributed by atoms with E-state index < -0.39 is 29.0 Å². The van der Waals surface area contributed by atoms with Crippen LogP contribution in [-0.4, -0.2) is 11.1 Å². The van der Waals surface area contributed by atoms with Gasteiger partial charge in [0, 0.05) is 6.07 Å². The second kappa shape index (κ2) is 5.01. The normalized spacial score (nSPS) is 10.3. The van der Waals surface area contributed by atoms with Crippen molar-refractivity contribution in [1.82, 2.24) is 0 Å². The molecule has 0 atom stereocenters. The van der Waals surface area contributed by atoms with E-state index in [4.69, 9.17) is 9.84 Å². The topological polar surface area (TPSA) is 46.5 Å². The van der Waals surface area contributed by atoms with Crippen molar-refractivity contribution in [2.24, 2.45) is 0 Å². The molecule has 0 aromatic heterocycles. The lowest BCUT2D eigenvalue weighted by atomic mass is 10.2. The van der Waals surface area contributed by atoms with Gasteiger partial charge in [-0.2, -0.15) is 0 Å². The van der Waals surface area contributed by atoms with Crippen LogP contribution in [0, 0.1) is 17.5 Å². The zero-order valence-corrected chi connectivity index (χ0v) is 9.36. The van der Waals surface area contributed by atoms with Gasteiger partial charge < -0.3 is 9.84 Å². The van der Waals surface area contributed by atoms with E-state index in [1.807, 2.05) is 0 Å². The summed E-state index contributed by atoms with van der Waals surface area (Å²) >= 11 is 0. The highest BCUT2D eigenvalue weighted by molar-refractivity contribution is 5.91. The van der Waals surface area contributed by atoms with Gasteiger partial charge in [0.2, 0.25) is 0 Å². The maximum absolute atomic E-state index is 13.1. The lowest BCUT2D eigenvalue weighted by Gasteiger charge is -2.09. The first-order chi connectivity index (χ1) is 8.97. The van der Waals surface area contributed by atoms with Crippen molar-refractivity contribution in [3.63, 3.8) is 0 Å². The van der Waals surface area contributed by atoms with Gasteiger partial charge in [-0.1, -0.05) is 0 Å². The highest BCUT2D eigenvalue weighted by Crippen LogP contribution is 2.27. The summed E-state index contributed by atoms with van der Waals surface area (Å²) in [5.74, 6) is -4.74. The number of halogens is 3. The third-order valence-corrected chi connectivity index (χ3v) is 2.29. The molecule has 2 rings (SSSR count). The average Bonchev–Trinajstić information content (AvgIpc) is 2.36. The molecule has 0 radical (unpaired) electrons. The second-order valence-electron chi connectivity index (χ2n) is 3.62. The molecule has 2 aromatic rings. The fourth-order valence-electron chi connectivity index (χ4n) is 1.41. The Morgan fingerprint density at radius 2 is 1.58 bits per heavy atom. The maximum atomic E-state index is 13.1. The Bertz CT molecular complexity index is 624. The molecule has 0 aliphatic heterocycles. The Kier molecular flexibility index (Phi) is 3.41. The molecule has 6 heteroatoms. The van der Waals surface area contributed by atoms with Gasteiger partial charge in [0.15, 0.2) is 11.6 Å². The van der Waals surface area contributed by atoms with Crippen LogP contribution in [0.15, 0.2) is 36.4 Å². The summed E-state index contributed by atoms with van der Waals surface area (Å²) < 4.78 is 43.8. The van der Waals surface area contributed by atoms with Crippen LogP contribution in [0.25, 0.3) is 0 Å². The van der Waals surface area contributed by atoms with E-state index in [1.54, 1.807) is 0 Å². The van der Waals surface area contributed by atoms with Crippen LogP contribution in [0.3, 0.4) is 0 Å². The van der Waals surface area contributed by atoms with Gasteiger partial charge in [0.05, 0.1) is 0 Å². The third-order valence-electron chi connectivity index (χ3n) is 2.29. The highest BCUT2D eigenvalue weighted by Gasteiger charge is 2.17. The molecule has 0 bridgehead atoms. The molecule has 0 amide bonds. The molecule has 98 valence electrons. The van der Waals surface area contributed by atoms with Gasteiger partial charge in [-0.3, -0.25) is 0 Å². The number of carbonyl (C=O) groups is 1. The van der Waals surface area contributed by atoms with Gasteiger partial charge in [0.25, 0.3) is 0 Å². The first-order valence-electron chi connectivity index (χ1n) is 5.13. The van der Waals surface area contributed by atoms with Crippen LogP contribution >= 0.6 is 0 Å². The van der Waals surface area contributed by atoms with Crippen molar-refractivity contribution in [3.8, 4) is 11.5 Å². The molecule has 19 heavy (non-hydrogen) atoms.